The Bertz CT molecular complexity index is 393. The second-order valence-corrected chi connectivity index (χ2v) is 5.89. The Kier molecular flexibility index (Phi) is 5.86. The molecule has 0 amide bonds. The molecule has 0 radical (unpaired) electrons. The number of nitrogens with one attached hydrogen (secondary N) is 1. The SMILES string of the molecule is Cc1cccc(C)c1NCC(O)COC1CCCCC1. The molecule has 3 nitrogen and oxygen atoms in total. The molecule has 3 heteroatoms. The van der Waals surface area contributed by atoms with Crippen LogP contribution in [0.3, 0.4) is 0 Å². The molecule has 1 fully saturated rings. The fourth-order valence-corrected chi connectivity index (χ4v) is 2.85. The van der Waals surface area contributed by atoms with Crippen molar-refractivity contribution in [2.24, 2.45) is 0 Å². The third kappa shape index (κ3) is 4.50. The van der Waals surface area contributed by atoms with Gasteiger partial charge in [0.2, 0.25) is 0 Å². The van der Waals surface area contributed by atoms with E-state index in [1.54, 1.807) is 0 Å². The van der Waals surface area contributed by atoms with Gasteiger partial charge in [-0.15, -0.1) is 0 Å². The van der Waals surface area contributed by atoms with Crippen molar-refractivity contribution in [1.82, 2.24) is 0 Å². The van der Waals surface area contributed by atoms with Crippen molar-refractivity contribution >= 4 is 5.69 Å². The lowest BCUT2D eigenvalue weighted by molar-refractivity contribution is -0.0195. The Morgan fingerprint density at radius 3 is 2.50 bits per heavy atom. The van der Waals surface area contributed by atoms with Gasteiger partial charge in [0.25, 0.3) is 0 Å². The predicted octanol–water partition coefficient (Wildman–Crippen LogP) is 3.43. The summed E-state index contributed by atoms with van der Waals surface area (Å²) in [5.41, 5.74) is 3.56. The largest absolute Gasteiger partial charge is 0.389 e. The smallest absolute Gasteiger partial charge is 0.0945 e. The molecule has 0 heterocycles. The van der Waals surface area contributed by atoms with Crippen molar-refractivity contribution in [3.63, 3.8) is 0 Å². The fourth-order valence-electron chi connectivity index (χ4n) is 2.85. The van der Waals surface area contributed by atoms with E-state index in [1.807, 2.05) is 0 Å². The number of aliphatic hydroxyl groups excluding tert-OH is 1. The number of aliphatic hydroxyl groups is 1. The summed E-state index contributed by atoms with van der Waals surface area (Å²) in [7, 11) is 0. The zero-order valence-electron chi connectivity index (χ0n) is 12.7. The Labute approximate surface area is 122 Å². The Morgan fingerprint density at radius 1 is 1.20 bits per heavy atom. The lowest BCUT2D eigenvalue weighted by Crippen LogP contribution is -2.29. The number of hydrogen-bond acceptors (Lipinski definition) is 3. The molecule has 1 aromatic rings. The number of aryl methyl sites for hydroxylation is 2. The Hall–Kier alpha value is -1.06. The van der Waals surface area contributed by atoms with Crippen LogP contribution >= 0.6 is 0 Å². The molecule has 2 rings (SSSR count). The van der Waals surface area contributed by atoms with E-state index >= 15 is 0 Å². The number of para-hydroxylation sites is 1. The van der Waals surface area contributed by atoms with Crippen molar-refractivity contribution in [2.45, 2.75) is 58.2 Å². The van der Waals surface area contributed by atoms with Crippen LogP contribution in [0.2, 0.25) is 0 Å². The second-order valence-electron chi connectivity index (χ2n) is 5.89. The van der Waals surface area contributed by atoms with Crippen molar-refractivity contribution in [3.05, 3.63) is 29.3 Å². The van der Waals surface area contributed by atoms with Gasteiger partial charge in [0.15, 0.2) is 0 Å². The van der Waals surface area contributed by atoms with Crippen molar-refractivity contribution in [2.75, 3.05) is 18.5 Å². The third-order valence-corrected chi connectivity index (χ3v) is 4.07. The average molecular weight is 277 g/mol. The van der Waals surface area contributed by atoms with E-state index in [9.17, 15) is 5.11 Å². The van der Waals surface area contributed by atoms with Gasteiger partial charge in [0.05, 0.1) is 18.8 Å². The first-order valence-electron chi connectivity index (χ1n) is 7.76. The summed E-state index contributed by atoms with van der Waals surface area (Å²) in [6, 6.07) is 6.22. The monoisotopic (exact) mass is 277 g/mol. The minimum Gasteiger partial charge on any atom is -0.389 e. The minimum absolute atomic E-state index is 0.360. The normalized spacial score (nSPS) is 17.9. The van der Waals surface area contributed by atoms with Crippen molar-refractivity contribution < 1.29 is 9.84 Å². The molecule has 0 aliphatic heterocycles. The van der Waals surface area contributed by atoms with E-state index in [4.69, 9.17) is 4.74 Å². The van der Waals surface area contributed by atoms with Gasteiger partial charge >= 0.3 is 0 Å². The molecule has 20 heavy (non-hydrogen) atoms. The minimum atomic E-state index is -0.448. The molecule has 0 saturated heterocycles. The van der Waals surface area contributed by atoms with Crippen LogP contribution in [0, 0.1) is 13.8 Å². The first kappa shape index (κ1) is 15.3. The standard InChI is InChI=1S/C17H27NO2/c1-13-7-6-8-14(2)17(13)18-11-15(19)12-20-16-9-4-3-5-10-16/h6-8,15-16,18-19H,3-5,9-12H2,1-2H3. The molecule has 1 atom stereocenters. The van der Waals surface area contributed by atoms with Gasteiger partial charge < -0.3 is 15.2 Å². The number of ether oxygens (including phenoxy) is 1. The van der Waals surface area contributed by atoms with Gasteiger partial charge in [-0.05, 0) is 37.8 Å². The highest BCUT2D eigenvalue weighted by atomic mass is 16.5. The summed E-state index contributed by atoms with van der Waals surface area (Å²) in [6.45, 7) is 5.14. The van der Waals surface area contributed by atoms with E-state index < -0.39 is 6.10 Å². The van der Waals surface area contributed by atoms with Crippen LogP contribution in [0.15, 0.2) is 18.2 Å². The second kappa shape index (κ2) is 7.65. The van der Waals surface area contributed by atoms with Gasteiger partial charge in [-0.2, -0.15) is 0 Å². The Morgan fingerprint density at radius 2 is 1.85 bits per heavy atom. The van der Waals surface area contributed by atoms with E-state index in [0.717, 1.165) is 18.5 Å². The predicted molar refractivity (Wildman–Crippen MR) is 83.2 cm³/mol. The molecule has 112 valence electrons. The summed E-state index contributed by atoms with van der Waals surface area (Å²) in [5, 5.41) is 13.4. The highest BCUT2D eigenvalue weighted by Gasteiger charge is 2.15. The molecule has 1 unspecified atom stereocenters. The molecule has 0 spiro atoms. The van der Waals surface area contributed by atoms with E-state index in [-0.39, 0.29) is 0 Å². The van der Waals surface area contributed by atoms with Crippen LogP contribution in [-0.2, 0) is 4.74 Å². The Balaban J connectivity index is 1.73. The summed E-state index contributed by atoms with van der Waals surface area (Å²) < 4.78 is 5.80. The van der Waals surface area contributed by atoms with Gasteiger partial charge in [-0.3, -0.25) is 0 Å². The number of rotatable bonds is 6. The third-order valence-electron chi connectivity index (χ3n) is 4.07. The van der Waals surface area contributed by atoms with Gasteiger partial charge in [-0.1, -0.05) is 37.5 Å². The number of anilines is 1. The summed E-state index contributed by atoms with van der Waals surface area (Å²) in [6.07, 6.45) is 6.07. The quantitative estimate of drug-likeness (QED) is 0.837. The average Bonchev–Trinajstić information content (AvgIpc) is 2.46. The first-order chi connectivity index (χ1) is 9.66. The molecule has 0 aromatic heterocycles. The lowest BCUT2D eigenvalue weighted by Gasteiger charge is -2.24. The maximum absolute atomic E-state index is 10.0. The van der Waals surface area contributed by atoms with Crippen LogP contribution in [0.5, 0.6) is 0 Å². The maximum atomic E-state index is 10.0. The lowest BCUT2D eigenvalue weighted by atomic mass is 9.98. The highest BCUT2D eigenvalue weighted by Crippen LogP contribution is 2.21. The van der Waals surface area contributed by atoms with Crippen LogP contribution in [0.1, 0.15) is 43.2 Å². The molecule has 1 aromatic carbocycles. The van der Waals surface area contributed by atoms with Crippen LogP contribution in [-0.4, -0.2) is 30.5 Å². The maximum Gasteiger partial charge on any atom is 0.0945 e. The van der Waals surface area contributed by atoms with Crippen molar-refractivity contribution in [1.29, 1.82) is 0 Å². The molecule has 1 aliphatic rings. The molecule has 1 saturated carbocycles. The zero-order chi connectivity index (χ0) is 14.4. The van der Waals surface area contributed by atoms with Crippen LogP contribution in [0.25, 0.3) is 0 Å². The number of hydrogen-bond donors (Lipinski definition) is 2. The fraction of sp³-hybridized carbons (Fsp3) is 0.647. The molecule has 0 bridgehead atoms. The zero-order valence-corrected chi connectivity index (χ0v) is 12.7. The first-order valence-corrected chi connectivity index (χ1v) is 7.76. The van der Waals surface area contributed by atoms with E-state index in [2.05, 4.69) is 37.4 Å². The van der Waals surface area contributed by atoms with Crippen molar-refractivity contribution in [3.8, 4) is 0 Å². The van der Waals surface area contributed by atoms with Gasteiger partial charge in [0, 0.05) is 12.2 Å². The topological polar surface area (TPSA) is 41.5 Å². The summed E-state index contributed by atoms with van der Waals surface area (Å²) >= 11 is 0. The number of benzene rings is 1. The highest BCUT2D eigenvalue weighted by molar-refractivity contribution is 5.56. The van der Waals surface area contributed by atoms with E-state index in [1.165, 1.54) is 30.4 Å². The summed E-state index contributed by atoms with van der Waals surface area (Å²) in [5.74, 6) is 0. The van der Waals surface area contributed by atoms with Crippen LogP contribution < -0.4 is 5.32 Å². The van der Waals surface area contributed by atoms with Crippen LogP contribution in [0.4, 0.5) is 5.69 Å². The molecular weight excluding hydrogens is 250 g/mol. The van der Waals surface area contributed by atoms with Gasteiger partial charge in [-0.25, -0.2) is 0 Å². The van der Waals surface area contributed by atoms with E-state index in [0.29, 0.717) is 19.3 Å². The molecule has 1 aliphatic carbocycles. The molecule has 2 N–H and O–H groups in total. The molecular formula is C17H27NO2. The summed E-state index contributed by atoms with van der Waals surface area (Å²) in [4.78, 5) is 0. The van der Waals surface area contributed by atoms with Gasteiger partial charge in [0.1, 0.15) is 0 Å².